The first-order valence-electron chi connectivity index (χ1n) is 6.86. The van der Waals surface area contributed by atoms with E-state index < -0.39 is 10.0 Å². The van der Waals surface area contributed by atoms with Crippen molar-refractivity contribution in [3.05, 3.63) is 12.4 Å². The Balaban J connectivity index is 1.74. The van der Waals surface area contributed by atoms with Crippen molar-refractivity contribution in [2.75, 3.05) is 33.4 Å². The Bertz CT molecular complexity index is 511. The standard InChI is InChI=1S/C12H22N4O3S/c1-13-4-6-16-9-12(8-14-16)20(17,18)15-5-7-19-10-11-2-3-11/h8-9,11,13,15H,2-7,10H2,1H3. The van der Waals surface area contributed by atoms with Gasteiger partial charge in [0.2, 0.25) is 10.0 Å². The summed E-state index contributed by atoms with van der Waals surface area (Å²) in [5, 5.41) is 7.01. The van der Waals surface area contributed by atoms with Crippen LogP contribution in [-0.2, 0) is 21.3 Å². The molecule has 0 amide bonds. The van der Waals surface area contributed by atoms with Crippen molar-refractivity contribution >= 4 is 10.0 Å². The number of rotatable bonds is 10. The number of ether oxygens (including phenoxy) is 1. The van der Waals surface area contributed by atoms with E-state index in [1.165, 1.54) is 25.2 Å². The number of sulfonamides is 1. The number of hydrogen-bond donors (Lipinski definition) is 2. The van der Waals surface area contributed by atoms with Gasteiger partial charge in [-0.15, -0.1) is 0 Å². The van der Waals surface area contributed by atoms with Crippen LogP contribution in [0.3, 0.4) is 0 Å². The van der Waals surface area contributed by atoms with Gasteiger partial charge in [-0.25, -0.2) is 13.1 Å². The molecule has 0 bridgehead atoms. The van der Waals surface area contributed by atoms with Crippen LogP contribution < -0.4 is 10.0 Å². The fourth-order valence-corrected chi connectivity index (χ4v) is 2.66. The smallest absolute Gasteiger partial charge is 0.243 e. The number of likely N-dealkylation sites (N-methyl/N-ethyl adjacent to an activating group) is 1. The fourth-order valence-electron chi connectivity index (χ4n) is 1.70. The summed E-state index contributed by atoms with van der Waals surface area (Å²) < 4.78 is 33.5. The van der Waals surface area contributed by atoms with Gasteiger partial charge in [0.1, 0.15) is 4.90 Å². The van der Waals surface area contributed by atoms with Crippen molar-refractivity contribution < 1.29 is 13.2 Å². The molecule has 1 aromatic rings. The second-order valence-electron chi connectivity index (χ2n) is 4.96. The van der Waals surface area contributed by atoms with Crippen molar-refractivity contribution in [3.8, 4) is 0 Å². The molecule has 2 N–H and O–H groups in total. The van der Waals surface area contributed by atoms with Gasteiger partial charge in [-0.3, -0.25) is 4.68 Å². The summed E-state index contributed by atoms with van der Waals surface area (Å²) in [5.74, 6) is 0.692. The molecule has 0 radical (unpaired) electrons. The summed E-state index contributed by atoms with van der Waals surface area (Å²) in [6.45, 7) is 2.81. The highest BCUT2D eigenvalue weighted by atomic mass is 32.2. The van der Waals surface area contributed by atoms with E-state index in [1.54, 1.807) is 4.68 Å². The molecule has 0 unspecified atom stereocenters. The average Bonchev–Trinajstić information content (AvgIpc) is 3.11. The number of aromatic nitrogens is 2. The molecule has 0 saturated heterocycles. The Morgan fingerprint density at radius 2 is 2.25 bits per heavy atom. The van der Waals surface area contributed by atoms with E-state index in [0.29, 0.717) is 19.1 Å². The van der Waals surface area contributed by atoms with Gasteiger partial charge in [-0.2, -0.15) is 5.10 Å². The number of nitrogens with one attached hydrogen (secondary N) is 2. The van der Waals surface area contributed by atoms with Crippen LogP contribution in [0.25, 0.3) is 0 Å². The lowest BCUT2D eigenvalue weighted by Gasteiger charge is -2.05. The van der Waals surface area contributed by atoms with E-state index in [0.717, 1.165) is 13.2 Å². The molecule has 7 nitrogen and oxygen atoms in total. The van der Waals surface area contributed by atoms with E-state index in [9.17, 15) is 8.42 Å². The molecule has 1 aliphatic carbocycles. The van der Waals surface area contributed by atoms with Gasteiger partial charge in [0, 0.05) is 25.9 Å². The molecule has 0 spiro atoms. The molecule has 1 aromatic heterocycles. The third kappa shape index (κ3) is 4.86. The van der Waals surface area contributed by atoms with Gasteiger partial charge in [0.25, 0.3) is 0 Å². The number of hydrogen-bond acceptors (Lipinski definition) is 5. The van der Waals surface area contributed by atoms with E-state index >= 15 is 0 Å². The normalized spacial score (nSPS) is 15.7. The molecule has 114 valence electrons. The lowest BCUT2D eigenvalue weighted by molar-refractivity contribution is 0.129. The summed E-state index contributed by atoms with van der Waals surface area (Å²) >= 11 is 0. The van der Waals surface area contributed by atoms with Gasteiger partial charge in [0.15, 0.2) is 0 Å². The van der Waals surface area contributed by atoms with Crippen LogP contribution in [0.2, 0.25) is 0 Å². The maximum Gasteiger partial charge on any atom is 0.243 e. The van der Waals surface area contributed by atoms with E-state index in [1.807, 2.05) is 7.05 Å². The summed E-state index contributed by atoms with van der Waals surface area (Å²) in [6, 6.07) is 0. The fraction of sp³-hybridized carbons (Fsp3) is 0.750. The van der Waals surface area contributed by atoms with E-state index in [-0.39, 0.29) is 11.4 Å². The zero-order valence-corrected chi connectivity index (χ0v) is 12.5. The predicted molar refractivity (Wildman–Crippen MR) is 74.9 cm³/mol. The van der Waals surface area contributed by atoms with Crippen molar-refractivity contribution in [1.82, 2.24) is 19.8 Å². The minimum Gasteiger partial charge on any atom is -0.380 e. The molecule has 1 fully saturated rings. The summed E-state index contributed by atoms with van der Waals surface area (Å²) in [6.07, 6.45) is 5.36. The average molecular weight is 302 g/mol. The molecule has 1 saturated carbocycles. The SMILES string of the molecule is CNCCn1cc(S(=O)(=O)NCCOCC2CC2)cn1. The lowest BCUT2D eigenvalue weighted by Crippen LogP contribution is -2.27. The molecular formula is C12H22N4O3S. The second-order valence-corrected chi connectivity index (χ2v) is 6.73. The van der Waals surface area contributed by atoms with E-state index in [2.05, 4.69) is 15.1 Å². The zero-order chi connectivity index (χ0) is 14.4. The minimum absolute atomic E-state index is 0.191. The third-order valence-corrected chi connectivity index (χ3v) is 4.52. The van der Waals surface area contributed by atoms with Gasteiger partial charge >= 0.3 is 0 Å². The van der Waals surface area contributed by atoms with Crippen LogP contribution in [0.15, 0.2) is 17.3 Å². The second kappa shape index (κ2) is 7.16. The highest BCUT2D eigenvalue weighted by Crippen LogP contribution is 2.28. The Hall–Kier alpha value is -0.960. The van der Waals surface area contributed by atoms with Gasteiger partial charge in [-0.1, -0.05) is 0 Å². The molecular weight excluding hydrogens is 280 g/mol. The van der Waals surface area contributed by atoms with Crippen molar-refractivity contribution in [3.63, 3.8) is 0 Å². The van der Waals surface area contributed by atoms with Gasteiger partial charge < -0.3 is 10.1 Å². The molecule has 0 aliphatic heterocycles. The summed E-state index contributed by atoms with van der Waals surface area (Å²) in [5.41, 5.74) is 0. The maximum absolute atomic E-state index is 12.0. The van der Waals surface area contributed by atoms with Crippen molar-refractivity contribution in [2.24, 2.45) is 5.92 Å². The van der Waals surface area contributed by atoms with Gasteiger partial charge in [0.05, 0.1) is 19.3 Å². The first-order valence-corrected chi connectivity index (χ1v) is 8.34. The first kappa shape index (κ1) is 15.4. The minimum atomic E-state index is -3.48. The van der Waals surface area contributed by atoms with Crippen molar-refractivity contribution in [2.45, 2.75) is 24.3 Å². The molecule has 0 atom stereocenters. The zero-order valence-electron chi connectivity index (χ0n) is 11.7. The monoisotopic (exact) mass is 302 g/mol. The summed E-state index contributed by atoms with van der Waals surface area (Å²) in [7, 11) is -1.65. The highest BCUT2D eigenvalue weighted by molar-refractivity contribution is 7.89. The molecule has 1 aliphatic rings. The van der Waals surface area contributed by atoms with Crippen LogP contribution >= 0.6 is 0 Å². The highest BCUT2D eigenvalue weighted by Gasteiger charge is 2.21. The van der Waals surface area contributed by atoms with Crippen LogP contribution in [0.5, 0.6) is 0 Å². The first-order chi connectivity index (χ1) is 9.62. The van der Waals surface area contributed by atoms with Crippen LogP contribution in [0.4, 0.5) is 0 Å². The van der Waals surface area contributed by atoms with Gasteiger partial charge in [-0.05, 0) is 25.8 Å². The summed E-state index contributed by atoms with van der Waals surface area (Å²) in [4.78, 5) is 0.191. The molecule has 1 heterocycles. The topological polar surface area (TPSA) is 85.2 Å². The Labute approximate surface area is 119 Å². The Kier molecular flexibility index (Phi) is 5.53. The largest absolute Gasteiger partial charge is 0.380 e. The molecule has 0 aromatic carbocycles. The predicted octanol–water partition coefficient (Wildman–Crippen LogP) is -0.193. The number of nitrogens with zero attached hydrogens (tertiary/aromatic N) is 2. The maximum atomic E-state index is 12.0. The molecule has 20 heavy (non-hydrogen) atoms. The Morgan fingerprint density at radius 3 is 2.95 bits per heavy atom. The van der Waals surface area contributed by atoms with Crippen LogP contribution in [-0.4, -0.2) is 51.5 Å². The lowest BCUT2D eigenvalue weighted by atomic mass is 10.5. The van der Waals surface area contributed by atoms with Crippen LogP contribution in [0, 0.1) is 5.92 Å². The van der Waals surface area contributed by atoms with Crippen LogP contribution in [0.1, 0.15) is 12.8 Å². The molecule has 8 heteroatoms. The van der Waals surface area contributed by atoms with Crippen molar-refractivity contribution in [1.29, 1.82) is 0 Å². The Morgan fingerprint density at radius 1 is 1.45 bits per heavy atom. The molecule has 2 rings (SSSR count). The van der Waals surface area contributed by atoms with E-state index in [4.69, 9.17) is 4.74 Å². The third-order valence-electron chi connectivity index (χ3n) is 3.10. The quantitative estimate of drug-likeness (QED) is 0.585.